The van der Waals surface area contributed by atoms with Crippen LogP contribution in [0.3, 0.4) is 0 Å². The zero-order valence-electron chi connectivity index (χ0n) is 11.8. The molecule has 0 fully saturated rings. The van der Waals surface area contributed by atoms with E-state index in [1.807, 2.05) is 0 Å². The number of hydrogen-bond donors (Lipinski definition) is 0. The SMILES string of the molecule is COC1=CCC=CC1(C)[Si](C)(C)C(C)(C)C. The minimum atomic E-state index is -1.49. The molecule has 0 N–H and O–H groups in total. The molecular weight excluding hydrogens is 212 g/mol. The first-order chi connectivity index (χ1) is 7.17. The van der Waals surface area contributed by atoms with Gasteiger partial charge >= 0.3 is 0 Å². The zero-order valence-corrected chi connectivity index (χ0v) is 12.8. The maximum atomic E-state index is 5.63. The monoisotopic (exact) mass is 238 g/mol. The van der Waals surface area contributed by atoms with E-state index < -0.39 is 8.07 Å². The van der Waals surface area contributed by atoms with Crippen LogP contribution >= 0.6 is 0 Å². The minimum absolute atomic E-state index is 0.123. The third-order valence-corrected chi connectivity index (χ3v) is 11.6. The van der Waals surface area contributed by atoms with Gasteiger partial charge in [-0.25, -0.2) is 0 Å². The highest BCUT2D eigenvalue weighted by Crippen LogP contribution is 2.57. The summed E-state index contributed by atoms with van der Waals surface area (Å²) in [6, 6.07) is 0. The third kappa shape index (κ3) is 1.88. The molecule has 0 amide bonds. The molecule has 92 valence electrons. The lowest BCUT2D eigenvalue weighted by atomic mass is 10.0. The summed E-state index contributed by atoms with van der Waals surface area (Å²) in [4.78, 5) is 0. The van der Waals surface area contributed by atoms with Crippen LogP contribution in [-0.2, 0) is 4.74 Å². The Labute approximate surface area is 102 Å². The Morgan fingerprint density at radius 2 is 1.88 bits per heavy atom. The van der Waals surface area contributed by atoms with E-state index in [1.165, 1.54) is 5.76 Å². The van der Waals surface area contributed by atoms with E-state index in [2.05, 4.69) is 59.0 Å². The van der Waals surface area contributed by atoms with Crippen molar-refractivity contribution < 1.29 is 4.74 Å². The van der Waals surface area contributed by atoms with Gasteiger partial charge in [0.15, 0.2) is 0 Å². The molecule has 1 aliphatic rings. The van der Waals surface area contributed by atoms with Crippen LogP contribution in [0, 0.1) is 0 Å². The van der Waals surface area contributed by atoms with Crippen molar-refractivity contribution in [3.05, 3.63) is 24.0 Å². The summed E-state index contributed by atoms with van der Waals surface area (Å²) >= 11 is 0. The van der Waals surface area contributed by atoms with Gasteiger partial charge in [-0.3, -0.25) is 0 Å². The molecule has 2 heteroatoms. The van der Waals surface area contributed by atoms with Gasteiger partial charge in [0.2, 0.25) is 0 Å². The fourth-order valence-corrected chi connectivity index (χ4v) is 5.28. The van der Waals surface area contributed by atoms with Crippen molar-refractivity contribution in [1.82, 2.24) is 0 Å². The molecule has 1 atom stereocenters. The fourth-order valence-electron chi connectivity index (χ4n) is 2.36. The summed E-state index contributed by atoms with van der Waals surface area (Å²) in [6.45, 7) is 14.4. The number of rotatable bonds is 2. The Kier molecular flexibility index (Phi) is 3.44. The van der Waals surface area contributed by atoms with Gasteiger partial charge in [0.05, 0.1) is 20.9 Å². The highest BCUT2D eigenvalue weighted by atomic mass is 28.3. The smallest absolute Gasteiger partial charge is 0.0987 e. The van der Waals surface area contributed by atoms with Gasteiger partial charge in [0, 0.05) is 5.04 Å². The highest BCUT2D eigenvalue weighted by Gasteiger charge is 2.51. The van der Waals surface area contributed by atoms with Gasteiger partial charge < -0.3 is 4.74 Å². The third-order valence-electron chi connectivity index (χ3n) is 4.80. The highest BCUT2D eigenvalue weighted by molar-refractivity contribution is 6.84. The Morgan fingerprint density at radius 3 is 2.31 bits per heavy atom. The number of allylic oxidation sites excluding steroid dienone is 3. The van der Waals surface area contributed by atoms with Crippen LogP contribution in [0.2, 0.25) is 23.2 Å². The Bertz CT molecular complexity index is 320. The second-order valence-corrected chi connectivity index (χ2v) is 12.3. The molecule has 0 bridgehead atoms. The van der Waals surface area contributed by atoms with Gasteiger partial charge in [0.25, 0.3) is 0 Å². The number of methoxy groups -OCH3 is 1. The van der Waals surface area contributed by atoms with Crippen LogP contribution in [0.5, 0.6) is 0 Å². The van der Waals surface area contributed by atoms with Crippen LogP contribution in [0.4, 0.5) is 0 Å². The first-order valence-corrected chi connectivity index (χ1v) is 9.09. The standard InChI is InChI=1S/C14H26OSi/c1-13(2,3)16(6,7)14(4)11-9-8-10-12(14)15-5/h9-11H,8H2,1-7H3. The van der Waals surface area contributed by atoms with Gasteiger partial charge in [-0.1, -0.05) is 52.9 Å². The minimum Gasteiger partial charge on any atom is -0.501 e. The Morgan fingerprint density at radius 1 is 1.31 bits per heavy atom. The quantitative estimate of drug-likeness (QED) is 0.498. The second kappa shape index (κ2) is 4.06. The molecule has 1 aliphatic carbocycles. The average Bonchev–Trinajstić information content (AvgIpc) is 2.16. The van der Waals surface area contributed by atoms with Gasteiger partial charge in [0.1, 0.15) is 0 Å². The molecule has 0 aromatic rings. The van der Waals surface area contributed by atoms with E-state index in [9.17, 15) is 0 Å². The van der Waals surface area contributed by atoms with Crippen molar-refractivity contribution in [1.29, 1.82) is 0 Å². The van der Waals surface area contributed by atoms with Crippen molar-refractivity contribution >= 4 is 8.07 Å². The fraction of sp³-hybridized carbons (Fsp3) is 0.714. The van der Waals surface area contributed by atoms with E-state index in [1.54, 1.807) is 7.11 Å². The van der Waals surface area contributed by atoms with Crippen molar-refractivity contribution in [3.63, 3.8) is 0 Å². The van der Waals surface area contributed by atoms with E-state index in [0.717, 1.165) is 6.42 Å². The maximum absolute atomic E-state index is 5.63. The van der Waals surface area contributed by atoms with Crippen molar-refractivity contribution in [2.45, 2.75) is 57.3 Å². The van der Waals surface area contributed by atoms with Gasteiger partial charge in [-0.05, 0) is 17.5 Å². The van der Waals surface area contributed by atoms with E-state index in [-0.39, 0.29) is 5.04 Å². The lowest BCUT2D eigenvalue weighted by Crippen LogP contribution is -2.49. The molecule has 1 rings (SSSR count). The Hall–Kier alpha value is -0.503. The molecule has 0 spiro atoms. The molecule has 0 aromatic carbocycles. The predicted molar refractivity (Wildman–Crippen MR) is 74.4 cm³/mol. The Balaban J connectivity index is 3.23. The van der Waals surface area contributed by atoms with Crippen LogP contribution in [-0.4, -0.2) is 15.2 Å². The molecule has 0 saturated heterocycles. The summed E-state index contributed by atoms with van der Waals surface area (Å²) in [5.74, 6) is 1.17. The largest absolute Gasteiger partial charge is 0.501 e. The molecule has 0 aromatic heterocycles. The van der Waals surface area contributed by atoms with Crippen LogP contribution < -0.4 is 0 Å². The molecule has 0 radical (unpaired) electrons. The molecular formula is C14H26OSi. The average molecular weight is 238 g/mol. The normalized spacial score (nSPS) is 26.6. The first kappa shape index (κ1) is 13.6. The van der Waals surface area contributed by atoms with Gasteiger partial charge in [-0.15, -0.1) is 0 Å². The predicted octanol–water partition coefficient (Wildman–Crippen LogP) is 4.75. The van der Waals surface area contributed by atoms with Crippen LogP contribution in [0.15, 0.2) is 24.0 Å². The summed E-state index contributed by atoms with van der Waals surface area (Å²) < 4.78 is 5.63. The van der Waals surface area contributed by atoms with E-state index >= 15 is 0 Å². The van der Waals surface area contributed by atoms with Crippen molar-refractivity contribution in [3.8, 4) is 0 Å². The zero-order chi connectivity index (χ0) is 12.6. The lowest BCUT2D eigenvalue weighted by Gasteiger charge is -2.50. The molecule has 1 unspecified atom stereocenters. The molecule has 1 nitrogen and oxygen atoms in total. The number of ether oxygens (including phenoxy) is 1. The molecule has 16 heavy (non-hydrogen) atoms. The molecule has 0 heterocycles. The van der Waals surface area contributed by atoms with Crippen molar-refractivity contribution in [2.75, 3.05) is 7.11 Å². The summed E-state index contributed by atoms with van der Waals surface area (Å²) in [5.41, 5.74) is 0. The van der Waals surface area contributed by atoms with E-state index in [4.69, 9.17) is 4.74 Å². The topological polar surface area (TPSA) is 9.23 Å². The molecule has 0 saturated carbocycles. The number of hydrogen-bond acceptors (Lipinski definition) is 1. The lowest BCUT2D eigenvalue weighted by molar-refractivity contribution is 0.258. The summed E-state index contributed by atoms with van der Waals surface area (Å²) in [6.07, 6.45) is 7.90. The van der Waals surface area contributed by atoms with E-state index in [0.29, 0.717) is 5.04 Å². The second-order valence-electron chi connectivity index (χ2n) is 6.49. The van der Waals surface area contributed by atoms with Crippen LogP contribution in [0.1, 0.15) is 34.1 Å². The summed E-state index contributed by atoms with van der Waals surface area (Å²) in [5, 5.41) is 0.485. The van der Waals surface area contributed by atoms with Gasteiger partial charge in [-0.2, -0.15) is 0 Å². The summed E-state index contributed by atoms with van der Waals surface area (Å²) in [7, 11) is 0.310. The van der Waals surface area contributed by atoms with Crippen molar-refractivity contribution in [2.24, 2.45) is 0 Å². The maximum Gasteiger partial charge on any atom is 0.0987 e. The van der Waals surface area contributed by atoms with Crippen LogP contribution in [0.25, 0.3) is 0 Å². The molecule has 0 aliphatic heterocycles. The first-order valence-electron chi connectivity index (χ1n) is 6.09.